The molecule has 2 rings (SSSR count). The van der Waals surface area contributed by atoms with Gasteiger partial charge >= 0.3 is 0 Å². The van der Waals surface area contributed by atoms with Crippen molar-refractivity contribution in [2.75, 3.05) is 6.54 Å². The molecule has 1 fully saturated rings. The van der Waals surface area contributed by atoms with Gasteiger partial charge in [-0.3, -0.25) is 4.79 Å². The Morgan fingerprint density at radius 2 is 2.25 bits per heavy atom. The number of carbonyl (C=O) groups is 1. The standard InChI is InChI=1S/C15H20F2N2O/c1-3-15(7-4-8-18-15)14(20)19-10(2)12-9-11(16)5-6-13(12)17/h5-6,9-10,18H,3-4,7-8H2,1-2H3,(H,19,20). The fourth-order valence-corrected chi connectivity index (χ4v) is 2.72. The van der Waals surface area contributed by atoms with Gasteiger partial charge in [0.25, 0.3) is 0 Å². The smallest absolute Gasteiger partial charge is 0.240 e. The van der Waals surface area contributed by atoms with Crippen LogP contribution in [0.1, 0.15) is 44.7 Å². The zero-order valence-electron chi connectivity index (χ0n) is 11.8. The molecule has 110 valence electrons. The Balaban J connectivity index is 2.12. The predicted molar refractivity (Wildman–Crippen MR) is 73.2 cm³/mol. The lowest BCUT2D eigenvalue weighted by Crippen LogP contribution is -2.53. The number of nitrogens with one attached hydrogen (secondary N) is 2. The maximum atomic E-state index is 13.7. The van der Waals surface area contributed by atoms with E-state index in [-0.39, 0.29) is 11.5 Å². The van der Waals surface area contributed by atoms with Gasteiger partial charge in [-0.25, -0.2) is 8.78 Å². The Morgan fingerprint density at radius 1 is 1.50 bits per heavy atom. The fraction of sp³-hybridized carbons (Fsp3) is 0.533. The van der Waals surface area contributed by atoms with Gasteiger partial charge in [-0.2, -0.15) is 0 Å². The number of carbonyl (C=O) groups excluding carboxylic acids is 1. The second-order valence-corrected chi connectivity index (χ2v) is 5.33. The quantitative estimate of drug-likeness (QED) is 0.891. The first kappa shape index (κ1) is 14.9. The summed E-state index contributed by atoms with van der Waals surface area (Å²) in [5, 5.41) is 6.01. The average Bonchev–Trinajstić information content (AvgIpc) is 2.91. The molecule has 3 nitrogen and oxygen atoms in total. The molecule has 2 atom stereocenters. The molecule has 1 amide bonds. The number of halogens is 2. The van der Waals surface area contributed by atoms with Crippen molar-refractivity contribution in [2.24, 2.45) is 0 Å². The third-order valence-corrected chi connectivity index (χ3v) is 4.05. The molecule has 1 aromatic carbocycles. The van der Waals surface area contributed by atoms with Gasteiger partial charge in [-0.15, -0.1) is 0 Å². The largest absolute Gasteiger partial charge is 0.348 e. The van der Waals surface area contributed by atoms with Crippen molar-refractivity contribution in [3.8, 4) is 0 Å². The van der Waals surface area contributed by atoms with Crippen molar-refractivity contribution in [1.29, 1.82) is 0 Å². The lowest BCUT2D eigenvalue weighted by atomic mass is 9.92. The van der Waals surface area contributed by atoms with E-state index in [2.05, 4.69) is 10.6 Å². The summed E-state index contributed by atoms with van der Waals surface area (Å²) in [7, 11) is 0. The SMILES string of the molecule is CCC1(C(=O)NC(C)c2cc(F)ccc2F)CCCN1. The van der Waals surface area contributed by atoms with Crippen LogP contribution in [0.2, 0.25) is 0 Å². The molecule has 1 aliphatic rings. The van der Waals surface area contributed by atoms with Gasteiger partial charge in [0.15, 0.2) is 0 Å². The summed E-state index contributed by atoms with van der Waals surface area (Å²) in [6, 6.07) is 2.71. The predicted octanol–water partition coefficient (Wildman–Crippen LogP) is 2.67. The lowest BCUT2D eigenvalue weighted by Gasteiger charge is -2.29. The molecule has 1 heterocycles. The van der Waals surface area contributed by atoms with Gasteiger partial charge < -0.3 is 10.6 Å². The van der Waals surface area contributed by atoms with Crippen LogP contribution in [0.15, 0.2) is 18.2 Å². The van der Waals surface area contributed by atoms with E-state index >= 15 is 0 Å². The number of amides is 1. The van der Waals surface area contributed by atoms with E-state index in [0.29, 0.717) is 6.42 Å². The summed E-state index contributed by atoms with van der Waals surface area (Å²) in [6.45, 7) is 4.42. The third kappa shape index (κ3) is 2.82. The Bertz CT molecular complexity index is 499. The molecule has 1 aliphatic heterocycles. The van der Waals surface area contributed by atoms with Crippen molar-refractivity contribution in [3.05, 3.63) is 35.4 Å². The van der Waals surface area contributed by atoms with Crippen LogP contribution < -0.4 is 10.6 Å². The van der Waals surface area contributed by atoms with Crippen molar-refractivity contribution in [2.45, 2.75) is 44.7 Å². The molecule has 1 saturated heterocycles. The molecule has 0 aliphatic carbocycles. The zero-order valence-corrected chi connectivity index (χ0v) is 11.8. The van der Waals surface area contributed by atoms with Crippen LogP contribution >= 0.6 is 0 Å². The molecule has 5 heteroatoms. The van der Waals surface area contributed by atoms with E-state index < -0.39 is 23.2 Å². The van der Waals surface area contributed by atoms with E-state index in [1.165, 1.54) is 0 Å². The van der Waals surface area contributed by atoms with Crippen LogP contribution in [-0.2, 0) is 4.79 Å². The Labute approximate surface area is 117 Å². The molecular formula is C15H20F2N2O. The summed E-state index contributed by atoms with van der Waals surface area (Å²) in [5.41, 5.74) is -0.402. The first-order chi connectivity index (χ1) is 9.48. The maximum Gasteiger partial charge on any atom is 0.240 e. The van der Waals surface area contributed by atoms with Crippen LogP contribution in [0.25, 0.3) is 0 Å². The van der Waals surface area contributed by atoms with Gasteiger partial charge in [0.2, 0.25) is 5.91 Å². The van der Waals surface area contributed by atoms with Gasteiger partial charge in [0.05, 0.1) is 11.6 Å². The van der Waals surface area contributed by atoms with Crippen molar-refractivity contribution >= 4 is 5.91 Å². The Hall–Kier alpha value is -1.49. The lowest BCUT2D eigenvalue weighted by molar-refractivity contribution is -0.128. The van der Waals surface area contributed by atoms with E-state index in [4.69, 9.17) is 0 Å². The number of benzene rings is 1. The second kappa shape index (κ2) is 5.87. The first-order valence-electron chi connectivity index (χ1n) is 6.99. The van der Waals surface area contributed by atoms with Crippen molar-refractivity contribution in [3.63, 3.8) is 0 Å². The van der Waals surface area contributed by atoms with Gasteiger partial charge in [0, 0.05) is 5.56 Å². The minimum atomic E-state index is -0.571. The average molecular weight is 282 g/mol. The van der Waals surface area contributed by atoms with E-state index in [1.54, 1.807) is 6.92 Å². The van der Waals surface area contributed by atoms with Crippen LogP contribution in [0.4, 0.5) is 8.78 Å². The molecule has 2 unspecified atom stereocenters. The molecule has 0 bridgehead atoms. The van der Waals surface area contributed by atoms with Gasteiger partial charge in [0.1, 0.15) is 11.6 Å². The van der Waals surface area contributed by atoms with Crippen LogP contribution in [0.5, 0.6) is 0 Å². The van der Waals surface area contributed by atoms with E-state index in [0.717, 1.165) is 37.6 Å². The summed E-state index contributed by atoms with van der Waals surface area (Å²) in [4.78, 5) is 12.4. The number of hydrogen-bond donors (Lipinski definition) is 2. The van der Waals surface area contributed by atoms with Crippen LogP contribution in [0, 0.1) is 11.6 Å². The van der Waals surface area contributed by atoms with Crippen LogP contribution in [0.3, 0.4) is 0 Å². The zero-order chi connectivity index (χ0) is 14.8. The monoisotopic (exact) mass is 282 g/mol. The molecular weight excluding hydrogens is 262 g/mol. The minimum Gasteiger partial charge on any atom is -0.348 e. The number of hydrogen-bond acceptors (Lipinski definition) is 2. The summed E-state index contributed by atoms with van der Waals surface area (Å²) >= 11 is 0. The van der Waals surface area contributed by atoms with Gasteiger partial charge in [-0.05, 0) is 50.9 Å². The maximum absolute atomic E-state index is 13.7. The summed E-state index contributed by atoms with van der Waals surface area (Å²) in [5.74, 6) is -1.16. The summed E-state index contributed by atoms with van der Waals surface area (Å²) in [6.07, 6.45) is 2.40. The molecule has 0 spiro atoms. The highest BCUT2D eigenvalue weighted by Gasteiger charge is 2.39. The topological polar surface area (TPSA) is 41.1 Å². The highest BCUT2D eigenvalue weighted by molar-refractivity contribution is 5.87. The normalized spacial score (nSPS) is 23.6. The third-order valence-electron chi connectivity index (χ3n) is 4.05. The molecule has 0 saturated carbocycles. The highest BCUT2D eigenvalue weighted by atomic mass is 19.1. The molecule has 1 aromatic rings. The van der Waals surface area contributed by atoms with E-state index in [9.17, 15) is 13.6 Å². The molecule has 2 N–H and O–H groups in total. The van der Waals surface area contributed by atoms with Crippen LogP contribution in [-0.4, -0.2) is 18.0 Å². The summed E-state index contributed by atoms with van der Waals surface area (Å²) < 4.78 is 26.9. The fourth-order valence-electron chi connectivity index (χ4n) is 2.72. The first-order valence-corrected chi connectivity index (χ1v) is 6.99. The molecule has 0 aromatic heterocycles. The second-order valence-electron chi connectivity index (χ2n) is 5.33. The van der Waals surface area contributed by atoms with Crippen molar-refractivity contribution < 1.29 is 13.6 Å². The Kier molecular flexibility index (Phi) is 4.38. The highest BCUT2D eigenvalue weighted by Crippen LogP contribution is 2.25. The van der Waals surface area contributed by atoms with E-state index in [1.807, 2.05) is 6.92 Å². The van der Waals surface area contributed by atoms with Crippen molar-refractivity contribution in [1.82, 2.24) is 10.6 Å². The minimum absolute atomic E-state index is 0.145. The molecule has 0 radical (unpaired) electrons. The number of rotatable bonds is 4. The van der Waals surface area contributed by atoms with Gasteiger partial charge in [-0.1, -0.05) is 6.92 Å². The Morgan fingerprint density at radius 3 is 2.85 bits per heavy atom. The molecule has 20 heavy (non-hydrogen) atoms.